The van der Waals surface area contributed by atoms with Crippen LogP contribution in [0, 0.1) is 0 Å². The predicted octanol–water partition coefficient (Wildman–Crippen LogP) is 5.08. The molecule has 10 nitrogen and oxygen atoms in total. The number of ether oxygens (including phenoxy) is 5. The summed E-state index contributed by atoms with van der Waals surface area (Å²) in [6.45, 7) is 7.88. The lowest BCUT2D eigenvalue weighted by molar-refractivity contribution is -0.145. The molecule has 11 heteroatoms. The number of methoxy groups -OCH3 is 1. The minimum atomic E-state index is -0.840. The number of thiazole rings is 1. The van der Waals surface area contributed by atoms with Crippen molar-refractivity contribution in [3.05, 3.63) is 96.7 Å². The molecule has 1 aliphatic rings. The largest absolute Gasteiger partial charge is 0.496 e. The minimum absolute atomic E-state index is 0.174. The molecule has 2 heterocycles. The molecule has 0 bridgehead atoms. The Morgan fingerprint density at radius 1 is 0.915 bits per heavy atom. The van der Waals surface area contributed by atoms with E-state index in [0.717, 1.165) is 17.2 Å². The first-order valence-electron chi connectivity index (χ1n) is 15.7. The highest BCUT2D eigenvalue weighted by molar-refractivity contribution is 7.07. The van der Waals surface area contributed by atoms with Gasteiger partial charge in [-0.3, -0.25) is 9.36 Å². The SMILES string of the molecule is CCCC1=C(C(=O)OCC)[C@@H](c2c(OC)ccc3ccccc23)n2c(s/c(=C\c3ccc(OCC(=O)OCC)c(OCC)c3)c2=O)=N1. The highest BCUT2D eigenvalue weighted by Gasteiger charge is 2.37. The fourth-order valence-electron chi connectivity index (χ4n) is 5.62. The normalized spacial score (nSPS) is 14.4. The van der Waals surface area contributed by atoms with Crippen LogP contribution in [0.5, 0.6) is 17.2 Å². The van der Waals surface area contributed by atoms with Crippen molar-refractivity contribution in [2.75, 3.05) is 33.5 Å². The number of fused-ring (bicyclic) bond motifs is 2. The van der Waals surface area contributed by atoms with Crippen LogP contribution in [0.1, 0.15) is 57.7 Å². The number of benzene rings is 3. The average Bonchev–Trinajstić information content (AvgIpc) is 3.37. The molecule has 0 spiro atoms. The van der Waals surface area contributed by atoms with E-state index in [1.807, 2.05) is 50.2 Å². The molecule has 0 saturated carbocycles. The van der Waals surface area contributed by atoms with Gasteiger partial charge >= 0.3 is 11.9 Å². The van der Waals surface area contributed by atoms with Gasteiger partial charge in [0, 0.05) is 5.56 Å². The maximum Gasteiger partial charge on any atom is 0.344 e. The van der Waals surface area contributed by atoms with Crippen molar-refractivity contribution in [1.29, 1.82) is 0 Å². The zero-order chi connectivity index (χ0) is 33.5. The summed E-state index contributed by atoms with van der Waals surface area (Å²) in [5, 5.41) is 1.79. The number of hydrogen-bond donors (Lipinski definition) is 0. The maximum atomic E-state index is 14.4. The van der Waals surface area contributed by atoms with Gasteiger partial charge in [0.25, 0.3) is 5.56 Å². The van der Waals surface area contributed by atoms with Crippen LogP contribution in [0.3, 0.4) is 0 Å². The summed E-state index contributed by atoms with van der Waals surface area (Å²) in [6, 6.07) is 16.0. The monoisotopic (exact) mass is 658 g/mol. The molecule has 0 fully saturated rings. The molecule has 0 radical (unpaired) electrons. The minimum Gasteiger partial charge on any atom is -0.496 e. The molecule has 5 rings (SSSR count). The molecule has 47 heavy (non-hydrogen) atoms. The average molecular weight is 659 g/mol. The number of esters is 2. The quantitative estimate of drug-likeness (QED) is 0.183. The van der Waals surface area contributed by atoms with Crippen molar-refractivity contribution in [3.63, 3.8) is 0 Å². The van der Waals surface area contributed by atoms with Crippen LogP contribution in [-0.2, 0) is 19.1 Å². The first kappa shape index (κ1) is 33.5. The second kappa shape index (κ2) is 15.1. The third kappa shape index (κ3) is 6.95. The lowest BCUT2D eigenvalue weighted by Crippen LogP contribution is -2.40. The number of hydrogen-bond acceptors (Lipinski definition) is 10. The number of aromatic nitrogens is 1. The maximum absolute atomic E-state index is 14.4. The number of rotatable bonds is 13. The summed E-state index contributed by atoms with van der Waals surface area (Å²) in [6.07, 6.45) is 3.01. The Kier molecular flexibility index (Phi) is 10.8. The highest BCUT2D eigenvalue weighted by Crippen LogP contribution is 2.41. The number of allylic oxidation sites excluding steroid dienone is 1. The Morgan fingerprint density at radius 3 is 2.40 bits per heavy atom. The van der Waals surface area contributed by atoms with E-state index in [-0.39, 0.29) is 25.4 Å². The fraction of sp³-hybridized carbons (Fsp3) is 0.333. The van der Waals surface area contributed by atoms with Crippen LogP contribution in [0.15, 0.2) is 75.7 Å². The van der Waals surface area contributed by atoms with Crippen molar-refractivity contribution >= 4 is 40.1 Å². The molecule has 0 saturated heterocycles. The predicted molar refractivity (Wildman–Crippen MR) is 180 cm³/mol. The van der Waals surface area contributed by atoms with E-state index in [4.69, 9.17) is 28.7 Å². The van der Waals surface area contributed by atoms with Crippen LogP contribution >= 0.6 is 11.3 Å². The Balaban J connectivity index is 1.72. The van der Waals surface area contributed by atoms with E-state index in [1.165, 1.54) is 11.3 Å². The van der Waals surface area contributed by atoms with Gasteiger partial charge in [-0.1, -0.05) is 61.1 Å². The van der Waals surface area contributed by atoms with Crippen LogP contribution in [0.2, 0.25) is 0 Å². The van der Waals surface area contributed by atoms with E-state index < -0.39 is 18.0 Å². The van der Waals surface area contributed by atoms with Gasteiger partial charge in [0.05, 0.1) is 42.7 Å². The third-order valence-electron chi connectivity index (χ3n) is 7.53. The van der Waals surface area contributed by atoms with Gasteiger partial charge < -0.3 is 23.7 Å². The topological polar surface area (TPSA) is 115 Å². The van der Waals surface area contributed by atoms with Gasteiger partial charge in [0.2, 0.25) is 0 Å². The van der Waals surface area contributed by atoms with Crippen LogP contribution in [-0.4, -0.2) is 50.0 Å². The summed E-state index contributed by atoms with van der Waals surface area (Å²) in [5.41, 5.74) is 1.96. The molecule has 1 atom stereocenters. The van der Waals surface area contributed by atoms with Gasteiger partial charge in [-0.05, 0) is 67.8 Å². The van der Waals surface area contributed by atoms with Crippen molar-refractivity contribution in [1.82, 2.24) is 4.57 Å². The second-order valence-electron chi connectivity index (χ2n) is 10.5. The van der Waals surface area contributed by atoms with Gasteiger partial charge in [0.15, 0.2) is 22.9 Å². The molecule has 1 aliphatic heterocycles. The summed E-state index contributed by atoms with van der Waals surface area (Å²) in [4.78, 5) is 45.3. The Labute approximate surface area is 276 Å². The number of carbonyl (C=O) groups excluding carboxylic acids is 2. The fourth-order valence-corrected chi connectivity index (χ4v) is 6.64. The first-order chi connectivity index (χ1) is 22.8. The lowest BCUT2D eigenvalue weighted by atomic mass is 9.90. The second-order valence-corrected chi connectivity index (χ2v) is 11.6. The molecule has 0 amide bonds. The number of nitrogens with zero attached hydrogens (tertiary/aromatic N) is 2. The van der Waals surface area contributed by atoms with Crippen LogP contribution < -0.4 is 29.1 Å². The third-order valence-corrected chi connectivity index (χ3v) is 8.52. The summed E-state index contributed by atoms with van der Waals surface area (Å²) >= 11 is 1.24. The molecule has 0 N–H and O–H groups in total. The zero-order valence-electron chi connectivity index (χ0n) is 27.2. The smallest absolute Gasteiger partial charge is 0.344 e. The van der Waals surface area contributed by atoms with Crippen LogP contribution in [0.25, 0.3) is 16.8 Å². The van der Waals surface area contributed by atoms with E-state index in [2.05, 4.69) is 0 Å². The van der Waals surface area contributed by atoms with Gasteiger partial charge in [-0.15, -0.1) is 0 Å². The molecule has 3 aromatic carbocycles. The van der Waals surface area contributed by atoms with E-state index in [0.29, 0.717) is 62.0 Å². The van der Waals surface area contributed by atoms with E-state index in [9.17, 15) is 14.4 Å². The summed E-state index contributed by atoms with van der Waals surface area (Å²) in [5.74, 6) is 0.342. The Bertz CT molecular complexity index is 2010. The van der Waals surface area contributed by atoms with E-state index in [1.54, 1.807) is 49.8 Å². The van der Waals surface area contributed by atoms with Crippen LogP contribution in [0.4, 0.5) is 0 Å². The molecule has 0 aliphatic carbocycles. The summed E-state index contributed by atoms with van der Waals surface area (Å²) < 4.78 is 29.8. The molecule has 4 aromatic rings. The van der Waals surface area contributed by atoms with E-state index >= 15 is 0 Å². The molecular weight excluding hydrogens is 620 g/mol. The first-order valence-corrected chi connectivity index (χ1v) is 16.5. The molecular formula is C36H38N2O8S. The standard InChI is InChI=1S/C36H38N2O8S/c1-6-12-25-32(35(41)45-9-4)33(31-24-14-11-10-13-23(24)16-18-27(31)42-5)38-34(40)29(47-36(38)37-25)20-22-15-17-26(28(19-22)43-7-2)46-21-30(39)44-8-3/h10-11,13-20,33H,6-9,12,21H2,1-5H3/b29-20-/t33-/m1/s1. The Hall–Kier alpha value is -4.90. The van der Waals surface area contributed by atoms with Gasteiger partial charge in [-0.25, -0.2) is 14.6 Å². The van der Waals surface area contributed by atoms with Gasteiger partial charge in [-0.2, -0.15) is 0 Å². The van der Waals surface area contributed by atoms with Gasteiger partial charge in [0.1, 0.15) is 11.8 Å². The Morgan fingerprint density at radius 2 is 1.68 bits per heavy atom. The molecule has 1 aromatic heterocycles. The zero-order valence-corrected chi connectivity index (χ0v) is 28.0. The molecule has 0 unspecified atom stereocenters. The van der Waals surface area contributed by atoms with Crippen molar-refractivity contribution in [2.45, 2.75) is 46.6 Å². The lowest BCUT2D eigenvalue weighted by Gasteiger charge is -2.28. The number of carbonyl (C=O) groups is 2. The van der Waals surface area contributed by atoms with Crippen molar-refractivity contribution in [2.24, 2.45) is 4.99 Å². The van der Waals surface area contributed by atoms with Crippen molar-refractivity contribution < 1.29 is 33.3 Å². The highest BCUT2D eigenvalue weighted by atomic mass is 32.1. The van der Waals surface area contributed by atoms with Crippen molar-refractivity contribution in [3.8, 4) is 17.2 Å². The summed E-state index contributed by atoms with van der Waals surface area (Å²) in [7, 11) is 1.58. The molecule has 246 valence electrons.